The number of carbonyl (C=O) groups excluding carboxylic acids is 1. The zero-order chi connectivity index (χ0) is 11.7. The highest BCUT2D eigenvalue weighted by atomic mass is 32.1. The van der Waals surface area contributed by atoms with E-state index >= 15 is 0 Å². The second-order valence-corrected chi connectivity index (χ2v) is 5.18. The monoisotopic (exact) mass is 239 g/mol. The minimum atomic E-state index is -0.00491. The Labute approximate surface area is 99.6 Å². The van der Waals surface area contributed by atoms with Crippen molar-refractivity contribution in [2.45, 2.75) is 20.3 Å². The third-order valence-corrected chi connectivity index (χ3v) is 4.07. The van der Waals surface area contributed by atoms with Gasteiger partial charge in [-0.2, -0.15) is 4.37 Å². The summed E-state index contributed by atoms with van der Waals surface area (Å²) >= 11 is 1.33. The Morgan fingerprint density at radius 3 is 2.88 bits per heavy atom. The third kappa shape index (κ3) is 2.19. The summed E-state index contributed by atoms with van der Waals surface area (Å²) in [6, 6.07) is 0. The molecule has 0 radical (unpaired) electrons. The summed E-state index contributed by atoms with van der Waals surface area (Å²) in [5, 5.41) is 6.83. The molecule has 1 aromatic heterocycles. The predicted octanol–water partition coefficient (Wildman–Crippen LogP) is 1.88. The van der Waals surface area contributed by atoms with E-state index in [2.05, 4.69) is 21.9 Å². The minimum Gasteiger partial charge on any atom is -0.378 e. The van der Waals surface area contributed by atoms with Crippen molar-refractivity contribution in [2.24, 2.45) is 11.8 Å². The van der Waals surface area contributed by atoms with E-state index in [4.69, 9.17) is 0 Å². The maximum absolute atomic E-state index is 12.0. The molecule has 1 aliphatic rings. The molecule has 1 aliphatic carbocycles. The molecule has 0 bridgehead atoms. The van der Waals surface area contributed by atoms with E-state index in [-0.39, 0.29) is 5.91 Å². The lowest BCUT2D eigenvalue weighted by Crippen LogP contribution is -2.26. The van der Waals surface area contributed by atoms with Crippen molar-refractivity contribution in [2.75, 3.05) is 18.9 Å². The zero-order valence-electron chi connectivity index (χ0n) is 9.83. The topological polar surface area (TPSA) is 54.0 Å². The molecule has 2 atom stereocenters. The van der Waals surface area contributed by atoms with E-state index < -0.39 is 0 Å². The van der Waals surface area contributed by atoms with Crippen LogP contribution in [0.4, 0.5) is 5.00 Å². The van der Waals surface area contributed by atoms with E-state index in [1.165, 1.54) is 18.0 Å². The Morgan fingerprint density at radius 1 is 1.62 bits per heavy atom. The van der Waals surface area contributed by atoms with Crippen LogP contribution >= 0.6 is 11.5 Å². The molecule has 0 saturated heterocycles. The predicted molar refractivity (Wildman–Crippen MR) is 66.0 cm³/mol. The van der Waals surface area contributed by atoms with E-state index in [0.29, 0.717) is 11.5 Å². The van der Waals surface area contributed by atoms with Crippen molar-refractivity contribution in [1.82, 2.24) is 9.69 Å². The first kappa shape index (κ1) is 11.4. The Balaban J connectivity index is 1.99. The summed E-state index contributed by atoms with van der Waals surface area (Å²) in [6.07, 6.45) is 1.24. The van der Waals surface area contributed by atoms with E-state index in [1.807, 2.05) is 14.0 Å². The Kier molecular flexibility index (Phi) is 3.14. The molecule has 1 fully saturated rings. The molecular weight excluding hydrogens is 222 g/mol. The van der Waals surface area contributed by atoms with Crippen molar-refractivity contribution < 1.29 is 4.79 Å². The maximum Gasteiger partial charge on any atom is 0.256 e. The maximum atomic E-state index is 12.0. The molecule has 88 valence electrons. The van der Waals surface area contributed by atoms with Crippen LogP contribution in [0, 0.1) is 18.8 Å². The third-order valence-electron chi connectivity index (χ3n) is 3.12. The SMILES string of the molecule is CNc1snc(C)c1C(=O)NCC1CC1C. The lowest BCUT2D eigenvalue weighted by molar-refractivity contribution is 0.0951. The molecule has 4 nitrogen and oxygen atoms in total. The lowest BCUT2D eigenvalue weighted by Gasteiger charge is -2.05. The zero-order valence-corrected chi connectivity index (χ0v) is 10.6. The van der Waals surface area contributed by atoms with E-state index in [1.54, 1.807) is 0 Å². The number of carbonyl (C=O) groups is 1. The summed E-state index contributed by atoms with van der Waals surface area (Å²) in [7, 11) is 1.81. The van der Waals surface area contributed by atoms with Gasteiger partial charge in [0.15, 0.2) is 0 Å². The summed E-state index contributed by atoms with van der Waals surface area (Å²) < 4.78 is 4.18. The highest BCUT2D eigenvalue weighted by Crippen LogP contribution is 2.36. The Bertz CT molecular complexity index is 402. The van der Waals surface area contributed by atoms with Crippen LogP contribution in [-0.4, -0.2) is 23.9 Å². The van der Waals surface area contributed by atoms with Gasteiger partial charge in [0.05, 0.1) is 11.3 Å². The molecule has 5 heteroatoms. The van der Waals surface area contributed by atoms with Crippen molar-refractivity contribution in [1.29, 1.82) is 0 Å². The minimum absolute atomic E-state index is 0.00491. The molecule has 0 aliphatic heterocycles. The van der Waals surface area contributed by atoms with Gasteiger partial charge >= 0.3 is 0 Å². The average Bonchev–Trinajstić information content (AvgIpc) is 2.83. The summed E-state index contributed by atoms with van der Waals surface area (Å²) in [5.41, 5.74) is 1.50. The molecule has 16 heavy (non-hydrogen) atoms. The van der Waals surface area contributed by atoms with Crippen molar-refractivity contribution in [3.8, 4) is 0 Å². The first-order valence-electron chi connectivity index (χ1n) is 5.55. The van der Waals surface area contributed by atoms with Gasteiger partial charge in [-0.1, -0.05) is 6.92 Å². The average molecular weight is 239 g/mol. The molecule has 0 aromatic carbocycles. The number of hydrogen-bond donors (Lipinski definition) is 2. The number of anilines is 1. The van der Waals surface area contributed by atoms with Crippen LogP contribution in [0.15, 0.2) is 0 Å². The van der Waals surface area contributed by atoms with Crippen LogP contribution in [0.25, 0.3) is 0 Å². The van der Waals surface area contributed by atoms with Crippen molar-refractivity contribution in [3.63, 3.8) is 0 Å². The molecule has 1 aromatic rings. The molecule has 1 saturated carbocycles. The van der Waals surface area contributed by atoms with Gasteiger partial charge in [-0.15, -0.1) is 0 Å². The molecular formula is C11H17N3OS. The highest BCUT2D eigenvalue weighted by molar-refractivity contribution is 7.10. The Morgan fingerprint density at radius 2 is 2.31 bits per heavy atom. The van der Waals surface area contributed by atoms with Gasteiger partial charge in [-0.3, -0.25) is 4.79 Å². The van der Waals surface area contributed by atoms with Gasteiger partial charge in [-0.25, -0.2) is 0 Å². The quantitative estimate of drug-likeness (QED) is 0.843. The fourth-order valence-electron chi connectivity index (χ4n) is 1.80. The van der Waals surface area contributed by atoms with Crippen LogP contribution in [0.5, 0.6) is 0 Å². The summed E-state index contributed by atoms with van der Waals surface area (Å²) in [5.74, 6) is 1.44. The molecule has 0 spiro atoms. The van der Waals surface area contributed by atoms with Crippen LogP contribution in [0.2, 0.25) is 0 Å². The van der Waals surface area contributed by atoms with Crippen molar-refractivity contribution >= 4 is 22.4 Å². The summed E-state index contributed by atoms with van der Waals surface area (Å²) in [6.45, 7) is 4.87. The van der Waals surface area contributed by atoms with Gasteiger partial charge in [0.25, 0.3) is 5.91 Å². The number of nitrogens with one attached hydrogen (secondary N) is 2. The number of nitrogens with zero attached hydrogens (tertiary/aromatic N) is 1. The summed E-state index contributed by atoms with van der Waals surface area (Å²) in [4.78, 5) is 12.0. The van der Waals surface area contributed by atoms with Crippen LogP contribution < -0.4 is 10.6 Å². The lowest BCUT2D eigenvalue weighted by atomic mass is 10.2. The normalized spacial score (nSPS) is 22.9. The molecule has 2 unspecified atom stereocenters. The largest absolute Gasteiger partial charge is 0.378 e. The van der Waals surface area contributed by atoms with Crippen LogP contribution in [0.1, 0.15) is 29.4 Å². The number of hydrogen-bond acceptors (Lipinski definition) is 4. The van der Waals surface area contributed by atoms with Crippen LogP contribution in [0.3, 0.4) is 0 Å². The first-order valence-corrected chi connectivity index (χ1v) is 6.33. The number of amides is 1. The number of aromatic nitrogens is 1. The van der Waals surface area contributed by atoms with E-state index in [0.717, 1.165) is 23.2 Å². The van der Waals surface area contributed by atoms with Gasteiger partial charge in [0.2, 0.25) is 0 Å². The Hall–Kier alpha value is -1.10. The van der Waals surface area contributed by atoms with Crippen LogP contribution in [-0.2, 0) is 0 Å². The second kappa shape index (κ2) is 4.41. The molecule has 2 rings (SSSR count). The molecule has 2 N–H and O–H groups in total. The van der Waals surface area contributed by atoms with Gasteiger partial charge in [-0.05, 0) is 36.7 Å². The van der Waals surface area contributed by atoms with Crippen molar-refractivity contribution in [3.05, 3.63) is 11.3 Å². The van der Waals surface area contributed by atoms with Gasteiger partial charge in [0.1, 0.15) is 5.00 Å². The standard InChI is InChI=1S/C11H17N3OS/c1-6-4-8(6)5-13-10(15)9-7(2)14-16-11(9)12-3/h6,8,12H,4-5H2,1-3H3,(H,13,15). The second-order valence-electron chi connectivity index (χ2n) is 4.41. The van der Waals surface area contributed by atoms with Gasteiger partial charge in [0, 0.05) is 13.6 Å². The van der Waals surface area contributed by atoms with Gasteiger partial charge < -0.3 is 10.6 Å². The highest BCUT2D eigenvalue weighted by Gasteiger charge is 2.32. The number of rotatable bonds is 4. The fourth-order valence-corrected chi connectivity index (χ4v) is 2.55. The smallest absolute Gasteiger partial charge is 0.256 e. The fraction of sp³-hybridized carbons (Fsp3) is 0.636. The van der Waals surface area contributed by atoms with E-state index in [9.17, 15) is 4.79 Å². The molecule has 1 heterocycles. The number of aryl methyl sites for hydroxylation is 1. The first-order chi connectivity index (χ1) is 7.63. The molecule has 1 amide bonds.